The molecule has 1 aromatic carbocycles. The number of nitrogens with one attached hydrogen (secondary N) is 1. The molecule has 3 aromatic rings. The van der Waals surface area contributed by atoms with Crippen LogP contribution in [0.3, 0.4) is 0 Å². The maximum Gasteiger partial charge on any atom is 0.272 e. The molecule has 6 rings (SSSR count). The molecule has 7 heteroatoms. The Bertz CT molecular complexity index is 1200. The Kier molecular flexibility index (Phi) is 3.19. The molecule has 3 aliphatic rings. The lowest BCUT2D eigenvalue weighted by Gasteiger charge is -2.34. The van der Waals surface area contributed by atoms with Gasteiger partial charge < -0.3 is 14.8 Å². The van der Waals surface area contributed by atoms with Crippen LogP contribution in [-0.2, 0) is 19.5 Å². The summed E-state index contributed by atoms with van der Waals surface area (Å²) in [6, 6.07) is 7.96. The maximum atomic E-state index is 13.2. The zero-order valence-corrected chi connectivity index (χ0v) is 16.7. The van der Waals surface area contributed by atoms with Gasteiger partial charge in [-0.05, 0) is 37.5 Å². The van der Waals surface area contributed by atoms with Crippen LogP contribution in [0.25, 0.3) is 10.9 Å². The number of carbonyl (C=O) groups excluding carboxylic acids is 2. The average Bonchev–Trinajstić information content (AvgIpc) is 3.19. The van der Waals surface area contributed by atoms with Crippen LogP contribution in [0, 0.1) is 6.92 Å². The zero-order chi connectivity index (χ0) is 19.9. The third kappa shape index (κ3) is 2.27. The van der Waals surface area contributed by atoms with Crippen LogP contribution >= 0.6 is 0 Å². The molecule has 0 radical (unpaired) electrons. The van der Waals surface area contributed by atoms with Crippen molar-refractivity contribution in [3.05, 3.63) is 52.5 Å². The highest BCUT2D eigenvalue weighted by atomic mass is 16.2. The lowest BCUT2D eigenvalue weighted by molar-refractivity contribution is 0.0604. The molecule has 148 valence electrons. The first-order valence-corrected chi connectivity index (χ1v) is 10.2. The van der Waals surface area contributed by atoms with Crippen molar-refractivity contribution < 1.29 is 9.59 Å². The second-order valence-corrected chi connectivity index (χ2v) is 8.72. The number of fused-ring (bicyclic) bond motifs is 4. The summed E-state index contributed by atoms with van der Waals surface area (Å²) in [5, 5.41) is 5.82. The number of aromatic nitrogens is 3. The maximum absolute atomic E-state index is 13.2. The Balaban J connectivity index is 1.34. The second kappa shape index (κ2) is 5.49. The van der Waals surface area contributed by atoms with E-state index in [1.165, 1.54) is 0 Å². The molecule has 29 heavy (non-hydrogen) atoms. The van der Waals surface area contributed by atoms with Crippen LogP contribution in [0.4, 0.5) is 0 Å². The number of amides is 2. The third-order valence-electron chi connectivity index (χ3n) is 6.99. The van der Waals surface area contributed by atoms with Gasteiger partial charge in [-0.25, -0.2) is 0 Å². The Labute approximate surface area is 168 Å². The number of hydrogen-bond donors (Lipinski definition) is 1. The number of H-pyrrole nitrogens is 1. The number of hydrogen-bond acceptors (Lipinski definition) is 3. The van der Waals surface area contributed by atoms with E-state index >= 15 is 0 Å². The molecule has 1 spiro atoms. The quantitative estimate of drug-likeness (QED) is 0.695. The number of rotatable bonds is 1. The molecule has 2 aromatic heterocycles. The van der Waals surface area contributed by atoms with Gasteiger partial charge in [-0.3, -0.25) is 14.3 Å². The van der Waals surface area contributed by atoms with Gasteiger partial charge in [-0.15, -0.1) is 0 Å². The van der Waals surface area contributed by atoms with Gasteiger partial charge in [0.25, 0.3) is 11.8 Å². The predicted octanol–water partition coefficient (Wildman–Crippen LogP) is 2.49. The molecule has 0 saturated heterocycles. The number of aryl methyl sites for hydroxylation is 1. The normalized spacial score (nSPS) is 19.6. The first kappa shape index (κ1) is 16.8. The minimum Gasteiger partial charge on any atom is -0.351 e. The molecule has 4 heterocycles. The topological polar surface area (TPSA) is 74.2 Å². The van der Waals surface area contributed by atoms with Crippen LogP contribution in [0.5, 0.6) is 0 Å². The molecule has 0 bridgehead atoms. The standard InChI is InChI=1S/C22H23N5O2/c1-13-4-3-5-16-14(13)10-18(23-16)20(28)26-9-6-17-15(11-26)19-21(29)25(2)22(7-8-22)12-27(19)24-17/h3-5,10,23H,6-9,11-12H2,1-2H3. The summed E-state index contributed by atoms with van der Waals surface area (Å²) < 4.78 is 1.90. The lowest BCUT2D eigenvalue weighted by atomic mass is 10.0. The number of nitrogens with zero attached hydrogens (tertiary/aromatic N) is 4. The summed E-state index contributed by atoms with van der Waals surface area (Å²) >= 11 is 0. The van der Waals surface area contributed by atoms with Crippen molar-refractivity contribution in [1.29, 1.82) is 0 Å². The fourth-order valence-electron chi connectivity index (χ4n) is 4.94. The predicted molar refractivity (Wildman–Crippen MR) is 108 cm³/mol. The van der Waals surface area contributed by atoms with Gasteiger partial charge in [-0.1, -0.05) is 12.1 Å². The van der Waals surface area contributed by atoms with Gasteiger partial charge in [0.15, 0.2) is 0 Å². The van der Waals surface area contributed by atoms with Crippen molar-refractivity contribution >= 4 is 22.7 Å². The van der Waals surface area contributed by atoms with Crippen molar-refractivity contribution in [3.63, 3.8) is 0 Å². The molecule has 2 aliphatic heterocycles. The molecular weight excluding hydrogens is 366 g/mol. The Hall–Kier alpha value is -3.09. The van der Waals surface area contributed by atoms with Gasteiger partial charge in [0.2, 0.25) is 0 Å². The molecule has 1 aliphatic carbocycles. The largest absolute Gasteiger partial charge is 0.351 e. The Morgan fingerprint density at radius 1 is 1.28 bits per heavy atom. The zero-order valence-electron chi connectivity index (χ0n) is 16.7. The molecule has 1 N–H and O–H groups in total. The second-order valence-electron chi connectivity index (χ2n) is 8.72. The van der Waals surface area contributed by atoms with Crippen molar-refractivity contribution in [1.82, 2.24) is 24.6 Å². The van der Waals surface area contributed by atoms with Crippen molar-refractivity contribution in [2.75, 3.05) is 13.6 Å². The third-order valence-corrected chi connectivity index (χ3v) is 6.99. The highest BCUT2D eigenvalue weighted by Crippen LogP contribution is 2.46. The highest BCUT2D eigenvalue weighted by Gasteiger charge is 2.53. The summed E-state index contributed by atoms with van der Waals surface area (Å²) in [5.74, 6) is 0.0134. The van der Waals surface area contributed by atoms with Gasteiger partial charge in [0, 0.05) is 36.5 Å². The number of benzene rings is 1. The molecule has 1 saturated carbocycles. The van der Waals surface area contributed by atoms with Gasteiger partial charge in [0.05, 0.1) is 24.3 Å². The van der Waals surface area contributed by atoms with Crippen LogP contribution < -0.4 is 0 Å². The molecule has 7 nitrogen and oxygen atoms in total. The Morgan fingerprint density at radius 3 is 2.86 bits per heavy atom. The SMILES string of the molecule is Cc1cccc2[nH]c(C(=O)N3CCc4nn5c(c4C3)C(=O)N(C)C3(CC3)C5)cc12. The van der Waals surface area contributed by atoms with E-state index in [0.29, 0.717) is 30.9 Å². The fraction of sp³-hybridized carbons (Fsp3) is 0.409. The fourth-order valence-corrected chi connectivity index (χ4v) is 4.94. The summed E-state index contributed by atoms with van der Waals surface area (Å²) in [7, 11) is 1.90. The molecule has 2 amide bonds. The molecule has 0 atom stereocenters. The summed E-state index contributed by atoms with van der Waals surface area (Å²) in [6.45, 7) is 3.87. The minimum atomic E-state index is -0.0313. The monoisotopic (exact) mass is 389 g/mol. The number of carbonyl (C=O) groups is 2. The summed E-state index contributed by atoms with van der Waals surface area (Å²) in [6.07, 6.45) is 2.78. The van der Waals surface area contributed by atoms with E-state index in [-0.39, 0.29) is 17.4 Å². The lowest BCUT2D eigenvalue weighted by Crippen LogP contribution is -2.48. The van der Waals surface area contributed by atoms with Crippen molar-refractivity contribution in [2.24, 2.45) is 0 Å². The molecular formula is C22H23N5O2. The Morgan fingerprint density at radius 2 is 2.10 bits per heavy atom. The van der Waals surface area contributed by atoms with Crippen LogP contribution in [0.15, 0.2) is 24.3 Å². The number of aromatic amines is 1. The van der Waals surface area contributed by atoms with Crippen molar-refractivity contribution in [3.8, 4) is 0 Å². The van der Waals surface area contributed by atoms with Gasteiger partial charge >= 0.3 is 0 Å². The van der Waals surface area contributed by atoms with E-state index in [4.69, 9.17) is 5.10 Å². The summed E-state index contributed by atoms with van der Waals surface area (Å²) in [5.41, 5.74) is 5.24. The van der Waals surface area contributed by atoms with E-state index in [9.17, 15) is 9.59 Å². The average molecular weight is 389 g/mol. The van der Waals surface area contributed by atoms with E-state index in [1.807, 2.05) is 52.7 Å². The van der Waals surface area contributed by atoms with Gasteiger partial charge in [0.1, 0.15) is 11.4 Å². The van der Waals surface area contributed by atoms with E-state index in [0.717, 1.165) is 47.1 Å². The first-order valence-electron chi connectivity index (χ1n) is 10.2. The van der Waals surface area contributed by atoms with Crippen LogP contribution in [0.2, 0.25) is 0 Å². The van der Waals surface area contributed by atoms with Crippen LogP contribution in [0.1, 0.15) is 50.6 Å². The van der Waals surface area contributed by atoms with E-state index in [2.05, 4.69) is 4.98 Å². The number of likely N-dealkylation sites (N-methyl/N-ethyl adjacent to an activating group) is 1. The smallest absolute Gasteiger partial charge is 0.272 e. The minimum absolute atomic E-state index is 0.0264. The molecule has 1 fully saturated rings. The first-order chi connectivity index (χ1) is 14.0. The highest BCUT2D eigenvalue weighted by molar-refractivity contribution is 5.99. The van der Waals surface area contributed by atoms with E-state index < -0.39 is 0 Å². The van der Waals surface area contributed by atoms with Crippen molar-refractivity contribution in [2.45, 2.75) is 44.8 Å². The van der Waals surface area contributed by atoms with Gasteiger partial charge in [-0.2, -0.15) is 5.10 Å². The summed E-state index contributed by atoms with van der Waals surface area (Å²) in [4.78, 5) is 33.3. The van der Waals surface area contributed by atoms with Crippen LogP contribution in [-0.4, -0.2) is 55.5 Å². The van der Waals surface area contributed by atoms with E-state index in [1.54, 1.807) is 0 Å². The molecule has 0 unspecified atom stereocenters.